The number of ether oxygens (including phenoxy) is 1. The molecule has 0 saturated carbocycles. The van der Waals surface area contributed by atoms with Gasteiger partial charge in [-0.2, -0.15) is 0 Å². The predicted octanol–water partition coefficient (Wildman–Crippen LogP) is 2.20. The lowest BCUT2D eigenvalue weighted by Crippen LogP contribution is -2.49. The van der Waals surface area contributed by atoms with Crippen molar-refractivity contribution in [3.8, 4) is 0 Å². The average Bonchev–Trinajstić information content (AvgIpc) is 2.75. The van der Waals surface area contributed by atoms with Gasteiger partial charge in [0.05, 0.1) is 13.2 Å². The monoisotopic (exact) mass is 395 g/mol. The van der Waals surface area contributed by atoms with Crippen molar-refractivity contribution in [2.45, 2.75) is 20.8 Å². The maximum atomic E-state index is 13.1. The maximum absolute atomic E-state index is 13.1. The standard InChI is InChI=1S/C22H29N5O2/c1-16-5-4-6-20(18(16)3)25-7-9-26(10-8-25)21(28)19-15-17(2)23-22(24-19)27-11-13-29-14-12-27/h4-6,15H,7-14H2,1-3H3. The van der Waals surface area contributed by atoms with Crippen LogP contribution in [-0.4, -0.2) is 73.3 Å². The fourth-order valence-electron chi connectivity index (χ4n) is 3.96. The molecule has 1 aromatic carbocycles. The molecule has 2 fully saturated rings. The molecule has 29 heavy (non-hydrogen) atoms. The molecule has 2 aromatic rings. The lowest BCUT2D eigenvalue weighted by molar-refractivity contribution is 0.0740. The van der Waals surface area contributed by atoms with E-state index in [9.17, 15) is 4.79 Å². The highest BCUT2D eigenvalue weighted by Gasteiger charge is 2.25. The molecule has 0 atom stereocenters. The fraction of sp³-hybridized carbons (Fsp3) is 0.500. The van der Waals surface area contributed by atoms with Crippen LogP contribution in [0.4, 0.5) is 11.6 Å². The number of benzene rings is 1. The molecule has 7 nitrogen and oxygen atoms in total. The van der Waals surface area contributed by atoms with Crippen LogP contribution >= 0.6 is 0 Å². The molecule has 0 aliphatic carbocycles. The third kappa shape index (κ3) is 4.19. The number of carbonyl (C=O) groups excluding carboxylic acids is 1. The van der Waals surface area contributed by atoms with E-state index in [0.29, 0.717) is 37.9 Å². The Morgan fingerprint density at radius 3 is 2.38 bits per heavy atom. The summed E-state index contributed by atoms with van der Waals surface area (Å²) in [5.41, 5.74) is 5.18. The summed E-state index contributed by atoms with van der Waals surface area (Å²) in [7, 11) is 0. The fourth-order valence-corrected chi connectivity index (χ4v) is 3.96. The van der Waals surface area contributed by atoms with Crippen molar-refractivity contribution in [2.24, 2.45) is 0 Å². The number of hydrogen-bond acceptors (Lipinski definition) is 6. The second-order valence-electron chi connectivity index (χ2n) is 7.79. The van der Waals surface area contributed by atoms with Gasteiger partial charge in [0.2, 0.25) is 5.95 Å². The van der Waals surface area contributed by atoms with E-state index in [1.165, 1.54) is 16.8 Å². The molecule has 0 N–H and O–H groups in total. The van der Waals surface area contributed by atoms with Gasteiger partial charge in [0.1, 0.15) is 5.69 Å². The highest BCUT2D eigenvalue weighted by molar-refractivity contribution is 5.93. The van der Waals surface area contributed by atoms with Crippen LogP contribution in [0.25, 0.3) is 0 Å². The minimum atomic E-state index is -0.00868. The molecule has 1 aromatic heterocycles. The SMILES string of the molecule is Cc1cc(C(=O)N2CCN(c3cccc(C)c3C)CC2)nc(N2CCOCC2)n1. The van der Waals surface area contributed by atoms with Crippen molar-refractivity contribution in [1.29, 1.82) is 0 Å². The summed E-state index contributed by atoms with van der Waals surface area (Å²) >= 11 is 0. The summed E-state index contributed by atoms with van der Waals surface area (Å²) < 4.78 is 5.41. The van der Waals surface area contributed by atoms with Gasteiger partial charge in [-0.25, -0.2) is 9.97 Å². The molecule has 0 unspecified atom stereocenters. The lowest BCUT2D eigenvalue weighted by Gasteiger charge is -2.37. The molecule has 2 aliphatic heterocycles. The number of anilines is 2. The van der Waals surface area contributed by atoms with Crippen molar-refractivity contribution in [2.75, 3.05) is 62.3 Å². The van der Waals surface area contributed by atoms with Crippen molar-refractivity contribution >= 4 is 17.5 Å². The first-order valence-corrected chi connectivity index (χ1v) is 10.3. The molecule has 154 valence electrons. The van der Waals surface area contributed by atoms with Gasteiger partial charge in [-0.05, 0) is 44.0 Å². The zero-order valence-corrected chi connectivity index (χ0v) is 17.5. The first kappa shape index (κ1) is 19.6. The molecule has 2 aliphatic rings. The summed E-state index contributed by atoms with van der Waals surface area (Å²) in [6.45, 7) is 12.1. The topological polar surface area (TPSA) is 61.8 Å². The third-order valence-electron chi connectivity index (χ3n) is 5.84. The second-order valence-corrected chi connectivity index (χ2v) is 7.79. The molecular weight excluding hydrogens is 366 g/mol. The summed E-state index contributed by atoms with van der Waals surface area (Å²) in [5, 5.41) is 0. The van der Waals surface area contributed by atoms with Gasteiger partial charge in [0.15, 0.2) is 0 Å². The van der Waals surface area contributed by atoms with Gasteiger partial charge in [-0.1, -0.05) is 12.1 Å². The molecule has 4 rings (SSSR count). The van der Waals surface area contributed by atoms with E-state index in [4.69, 9.17) is 4.74 Å². The van der Waals surface area contributed by atoms with Crippen LogP contribution < -0.4 is 9.80 Å². The number of nitrogens with zero attached hydrogens (tertiary/aromatic N) is 5. The Bertz CT molecular complexity index is 887. The molecule has 7 heteroatoms. The van der Waals surface area contributed by atoms with Gasteiger partial charge in [-0.3, -0.25) is 4.79 Å². The van der Waals surface area contributed by atoms with Crippen LogP contribution in [0.1, 0.15) is 27.3 Å². The Labute approximate surface area is 172 Å². The van der Waals surface area contributed by atoms with Crippen LogP contribution in [0.15, 0.2) is 24.3 Å². The zero-order chi connectivity index (χ0) is 20.4. The highest BCUT2D eigenvalue weighted by Crippen LogP contribution is 2.24. The zero-order valence-electron chi connectivity index (χ0n) is 17.5. The van der Waals surface area contributed by atoms with Crippen LogP contribution in [0.2, 0.25) is 0 Å². The van der Waals surface area contributed by atoms with Crippen molar-refractivity contribution < 1.29 is 9.53 Å². The molecule has 0 spiro atoms. The second kappa shape index (κ2) is 8.37. The van der Waals surface area contributed by atoms with Gasteiger partial charge in [0, 0.05) is 50.6 Å². The van der Waals surface area contributed by atoms with Crippen molar-refractivity contribution in [3.05, 3.63) is 46.8 Å². The third-order valence-corrected chi connectivity index (χ3v) is 5.84. The normalized spacial score (nSPS) is 17.6. The van der Waals surface area contributed by atoms with Gasteiger partial charge < -0.3 is 19.4 Å². The number of amides is 1. The number of aromatic nitrogens is 2. The average molecular weight is 396 g/mol. The first-order chi connectivity index (χ1) is 14.0. The minimum Gasteiger partial charge on any atom is -0.378 e. The molecule has 2 saturated heterocycles. The Balaban J connectivity index is 1.45. The highest BCUT2D eigenvalue weighted by atomic mass is 16.5. The Morgan fingerprint density at radius 1 is 0.931 bits per heavy atom. The number of morpholine rings is 1. The number of carbonyl (C=O) groups is 1. The summed E-state index contributed by atoms with van der Waals surface area (Å²) in [6, 6.07) is 8.21. The largest absolute Gasteiger partial charge is 0.378 e. The number of piperazine rings is 1. The molecular formula is C22H29N5O2. The quantitative estimate of drug-likeness (QED) is 0.794. The summed E-state index contributed by atoms with van der Waals surface area (Å²) in [6.07, 6.45) is 0. The molecule has 3 heterocycles. The number of aryl methyl sites for hydroxylation is 2. The van der Waals surface area contributed by atoms with Crippen LogP contribution in [-0.2, 0) is 4.74 Å². The van der Waals surface area contributed by atoms with Gasteiger partial charge in [-0.15, -0.1) is 0 Å². The van der Waals surface area contributed by atoms with Gasteiger partial charge >= 0.3 is 0 Å². The molecule has 0 radical (unpaired) electrons. The van der Waals surface area contributed by atoms with E-state index in [-0.39, 0.29) is 5.91 Å². The Hall–Kier alpha value is -2.67. The Morgan fingerprint density at radius 2 is 1.66 bits per heavy atom. The van der Waals surface area contributed by atoms with E-state index in [1.807, 2.05) is 11.8 Å². The number of hydrogen-bond donors (Lipinski definition) is 0. The predicted molar refractivity (Wildman–Crippen MR) is 114 cm³/mol. The van der Waals surface area contributed by atoms with Gasteiger partial charge in [0.25, 0.3) is 5.91 Å². The van der Waals surface area contributed by atoms with E-state index in [2.05, 4.69) is 51.8 Å². The minimum absolute atomic E-state index is 0.00868. The smallest absolute Gasteiger partial charge is 0.272 e. The molecule has 1 amide bonds. The lowest BCUT2D eigenvalue weighted by atomic mass is 10.1. The van der Waals surface area contributed by atoms with E-state index >= 15 is 0 Å². The number of rotatable bonds is 3. The summed E-state index contributed by atoms with van der Waals surface area (Å²) in [4.78, 5) is 28.6. The molecule has 0 bridgehead atoms. The van der Waals surface area contributed by atoms with Crippen LogP contribution in [0.5, 0.6) is 0 Å². The van der Waals surface area contributed by atoms with Crippen molar-refractivity contribution in [3.63, 3.8) is 0 Å². The van der Waals surface area contributed by atoms with E-state index < -0.39 is 0 Å². The Kier molecular flexibility index (Phi) is 5.67. The van der Waals surface area contributed by atoms with Crippen LogP contribution in [0.3, 0.4) is 0 Å². The van der Waals surface area contributed by atoms with E-state index in [1.54, 1.807) is 6.07 Å². The summed E-state index contributed by atoms with van der Waals surface area (Å²) in [5.74, 6) is 0.622. The first-order valence-electron chi connectivity index (χ1n) is 10.3. The maximum Gasteiger partial charge on any atom is 0.272 e. The van der Waals surface area contributed by atoms with Crippen LogP contribution in [0, 0.1) is 20.8 Å². The van der Waals surface area contributed by atoms with Crippen molar-refractivity contribution in [1.82, 2.24) is 14.9 Å². The van der Waals surface area contributed by atoms with E-state index in [0.717, 1.165) is 31.9 Å².